The second-order valence-electron chi connectivity index (χ2n) is 4.63. The molecule has 2 rings (SSSR count). The first-order chi connectivity index (χ1) is 9.49. The molecule has 0 unspecified atom stereocenters. The monoisotopic (exact) mass is 283 g/mol. The summed E-state index contributed by atoms with van der Waals surface area (Å²) in [5, 5.41) is 2.28. The zero-order valence-corrected chi connectivity index (χ0v) is 10.8. The molecule has 0 aliphatic carbocycles. The quantitative estimate of drug-likeness (QED) is 0.809. The lowest BCUT2D eigenvalue weighted by Crippen LogP contribution is -2.38. The highest BCUT2D eigenvalue weighted by molar-refractivity contribution is 5.97. The Kier molecular flexibility index (Phi) is 4.16. The number of hydrogen-bond acceptors (Lipinski definition) is 3. The summed E-state index contributed by atoms with van der Waals surface area (Å²) in [5.41, 5.74) is 4.30. The summed E-state index contributed by atoms with van der Waals surface area (Å²) in [7, 11) is 0. The normalized spacial score (nSPS) is 14.4. The van der Waals surface area contributed by atoms with Crippen molar-refractivity contribution >= 4 is 17.5 Å². The van der Waals surface area contributed by atoms with Gasteiger partial charge in [0, 0.05) is 13.1 Å². The summed E-state index contributed by atoms with van der Waals surface area (Å²) in [6.07, 6.45) is 1.88. The molecule has 0 spiro atoms. The Morgan fingerprint density at radius 3 is 2.55 bits per heavy atom. The third kappa shape index (κ3) is 3.04. The molecule has 1 saturated heterocycles. The van der Waals surface area contributed by atoms with Gasteiger partial charge in [-0.25, -0.2) is 8.78 Å². The van der Waals surface area contributed by atoms with Crippen LogP contribution in [0.25, 0.3) is 0 Å². The van der Waals surface area contributed by atoms with Crippen molar-refractivity contribution in [2.45, 2.75) is 12.8 Å². The highest BCUT2D eigenvalue weighted by Crippen LogP contribution is 2.17. The average molecular weight is 283 g/mol. The van der Waals surface area contributed by atoms with Crippen LogP contribution in [-0.2, 0) is 4.79 Å². The van der Waals surface area contributed by atoms with Crippen molar-refractivity contribution in [2.24, 2.45) is 0 Å². The van der Waals surface area contributed by atoms with Gasteiger partial charge >= 0.3 is 0 Å². The number of anilines is 1. The number of halogens is 2. The van der Waals surface area contributed by atoms with Crippen molar-refractivity contribution in [1.29, 1.82) is 0 Å². The molecule has 0 atom stereocenters. The largest absolute Gasteiger partial charge is 0.396 e. The van der Waals surface area contributed by atoms with Crippen LogP contribution >= 0.6 is 0 Å². The van der Waals surface area contributed by atoms with Crippen LogP contribution in [0.4, 0.5) is 14.5 Å². The maximum absolute atomic E-state index is 13.6. The van der Waals surface area contributed by atoms with Crippen molar-refractivity contribution in [3.63, 3.8) is 0 Å². The Balaban J connectivity index is 2.00. The van der Waals surface area contributed by atoms with Gasteiger partial charge in [-0.15, -0.1) is 0 Å². The predicted molar refractivity (Wildman–Crippen MR) is 68.9 cm³/mol. The van der Waals surface area contributed by atoms with Crippen molar-refractivity contribution < 1.29 is 18.4 Å². The first-order valence-corrected chi connectivity index (χ1v) is 6.29. The van der Waals surface area contributed by atoms with Crippen LogP contribution in [0.5, 0.6) is 0 Å². The SMILES string of the molecule is Nc1cc(F)cc(C(=O)NCC(=O)N2CCCC2)c1F. The van der Waals surface area contributed by atoms with E-state index in [9.17, 15) is 18.4 Å². The van der Waals surface area contributed by atoms with E-state index in [2.05, 4.69) is 5.32 Å². The lowest BCUT2D eigenvalue weighted by molar-refractivity contribution is -0.129. The minimum Gasteiger partial charge on any atom is -0.396 e. The summed E-state index contributed by atoms with van der Waals surface area (Å²) in [4.78, 5) is 25.1. The van der Waals surface area contributed by atoms with Gasteiger partial charge in [0.1, 0.15) is 5.82 Å². The molecule has 0 bridgehead atoms. The topological polar surface area (TPSA) is 75.4 Å². The van der Waals surface area contributed by atoms with Crippen LogP contribution in [0.2, 0.25) is 0 Å². The van der Waals surface area contributed by atoms with Gasteiger partial charge < -0.3 is 16.0 Å². The maximum Gasteiger partial charge on any atom is 0.254 e. The molecule has 1 aromatic carbocycles. The number of nitrogens with zero attached hydrogens (tertiary/aromatic N) is 1. The van der Waals surface area contributed by atoms with Gasteiger partial charge in [0.15, 0.2) is 5.82 Å². The highest BCUT2D eigenvalue weighted by Gasteiger charge is 2.20. The Bertz CT molecular complexity index is 543. The molecule has 3 N–H and O–H groups in total. The molecule has 1 aliphatic heterocycles. The summed E-state index contributed by atoms with van der Waals surface area (Å²) >= 11 is 0. The van der Waals surface area contributed by atoms with E-state index in [0.29, 0.717) is 13.1 Å². The fourth-order valence-electron chi connectivity index (χ4n) is 2.11. The molecule has 1 aliphatic rings. The Morgan fingerprint density at radius 1 is 1.25 bits per heavy atom. The van der Waals surface area contributed by atoms with Gasteiger partial charge in [-0.2, -0.15) is 0 Å². The number of nitrogen functional groups attached to an aromatic ring is 1. The number of nitrogens with one attached hydrogen (secondary N) is 1. The highest BCUT2D eigenvalue weighted by atomic mass is 19.1. The maximum atomic E-state index is 13.6. The third-order valence-electron chi connectivity index (χ3n) is 3.17. The average Bonchev–Trinajstić information content (AvgIpc) is 2.93. The van der Waals surface area contributed by atoms with E-state index in [4.69, 9.17) is 5.73 Å². The van der Waals surface area contributed by atoms with Crippen molar-refractivity contribution in [1.82, 2.24) is 10.2 Å². The third-order valence-corrected chi connectivity index (χ3v) is 3.17. The minimum atomic E-state index is -0.988. The summed E-state index contributed by atoms with van der Waals surface area (Å²) in [5.74, 6) is -2.89. The Labute approximate surface area is 114 Å². The fraction of sp³-hybridized carbons (Fsp3) is 0.385. The second kappa shape index (κ2) is 5.85. The van der Waals surface area contributed by atoms with Crippen molar-refractivity contribution in [3.05, 3.63) is 29.3 Å². The lowest BCUT2D eigenvalue weighted by atomic mass is 10.1. The van der Waals surface area contributed by atoms with E-state index in [1.807, 2.05) is 0 Å². The molecular formula is C13H15F2N3O2. The summed E-state index contributed by atoms with van der Waals surface area (Å²) in [6.45, 7) is 1.08. The van der Waals surface area contributed by atoms with Crippen LogP contribution in [0.15, 0.2) is 12.1 Å². The fourth-order valence-corrected chi connectivity index (χ4v) is 2.11. The molecule has 0 radical (unpaired) electrons. The lowest BCUT2D eigenvalue weighted by Gasteiger charge is -2.15. The number of likely N-dealkylation sites (tertiary alicyclic amines) is 1. The Morgan fingerprint density at radius 2 is 1.90 bits per heavy atom. The molecule has 5 nitrogen and oxygen atoms in total. The second-order valence-corrected chi connectivity index (χ2v) is 4.63. The van der Waals surface area contributed by atoms with Gasteiger partial charge in [-0.1, -0.05) is 0 Å². The van der Waals surface area contributed by atoms with Crippen molar-refractivity contribution in [3.8, 4) is 0 Å². The molecule has 1 heterocycles. The van der Waals surface area contributed by atoms with Gasteiger partial charge in [-0.3, -0.25) is 9.59 Å². The summed E-state index contributed by atoms with van der Waals surface area (Å²) in [6, 6.07) is 1.54. The van der Waals surface area contributed by atoms with Crippen LogP contribution in [0.1, 0.15) is 23.2 Å². The number of carbonyl (C=O) groups is 2. The van der Waals surface area contributed by atoms with Gasteiger partial charge in [0.25, 0.3) is 5.91 Å². The number of nitrogens with two attached hydrogens (primary N) is 1. The van der Waals surface area contributed by atoms with E-state index in [-0.39, 0.29) is 12.5 Å². The van der Waals surface area contributed by atoms with Crippen LogP contribution in [0, 0.1) is 11.6 Å². The molecule has 20 heavy (non-hydrogen) atoms. The molecule has 7 heteroatoms. The summed E-state index contributed by atoms with van der Waals surface area (Å²) < 4.78 is 26.7. The molecule has 1 aromatic rings. The van der Waals surface area contributed by atoms with E-state index < -0.39 is 28.8 Å². The van der Waals surface area contributed by atoms with Crippen LogP contribution < -0.4 is 11.1 Å². The van der Waals surface area contributed by atoms with Crippen LogP contribution in [-0.4, -0.2) is 36.3 Å². The molecule has 0 aromatic heterocycles. The molecule has 108 valence electrons. The number of benzene rings is 1. The zero-order chi connectivity index (χ0) is 14.7. The van der Waals surface area contributed by atoms with Crippen LogP contribution in [0.3, 0.4) is 0 Å². The molecular weight excluding hydrogens is 268 g/mol. The standard InChI is InChI=1S/C13H15F2N3O2/c14-8-5-9(12(15)10(16)6-8)13(20)17-7-11(19)18-3-1-2-4-18/h5-6H,1-4,7,16H2,(H,17,20). The van der Waals surface area contributed by atoms with E-state index in [1.165, 1.54) is 0 Å². The Hall–Kier alpha value is -2.18. The smallest absolute Gasteiger partial charge is 0.254 e. The zero-order valence-electron chi connectivity index (χ0n) is 10.8. The first-order valence-electron chi connectivity index (χ1n) is 6.29. The molecule has 2 amide bonds. The number of carbonyl (C=O) groups excluding carboxylic acids is 2. The van der Waals surface area contributed by atoms with Gasteiger partial charge in [-0.05, 0) is 25.0 Å². The van der Waals surface area contributed by atoms with E-state index in [0.717, 1.165) is 25.0 Å². The van der Waals surface area contributed by atoms with E-state index >= 15 is 0 Å². The molecule has 0 saturated carbocycles. The number of rotatable bonds is 3. The molecule has 1 fully saturated rings. The van der Waals surface area contributed by atoms with Gasteiger partial charge in [0.2, 0.25) is 5.91 Å². The first kappa shape index (κ1) is 14.2. The predicted octanol–water partition coefficient (Wildman–Crippen LogP) is 0.899. The minimum absolute atomic E-state index is 0.236. The van der Waals surface area contributed by atoms with E-state index in [1.54, 1.807) is 4.90 Å². The van der Waals surface area contributed by atoms with Crippen molar-refractivity contribution in [2.75, 3.05) is 25.4 Å². The van der Waals surface area contributed by atoms with Gasteiger partial charge in [0.05, 0.1) is 17.8 Å². The number of hydrogen-bond donors (Lipinski definition) is 2. The number of amides is 2.